The van der Waals surface area contributed by atoms with Crippen molar-refractivity contribution in [1.82, 2.24) is 15.1 Å². The monoisotopic (exact) mass is 223 g/mol. The summed E-state index contributed by atoms with van der Waals surface area (Å²) in [6.07, 6.45) is 3.50. The normalized spacial score (nSPS) is 16.8. The zero-order valence-electron chi connectivity index (χ0n) is 9.82. The Morgan fingerprint density at radius 1 is 1.25 bits per heavy atom. The van der Waals surface area contributed by atoms with Crippen molar-refractivity contribution >= 4 is 5.91 Å². The van der Waals surface area contributed by atoms with Gasteiger partial charge in [-0.1, -0.05) is 12.2 Å². The second-order valence-corrected chi connectivity index (χ2v) is 3.90. The third kappa shape index (κ3) is 4.16. The standard InChI is InChI=1S/C12H21N3O/c1-3-7-15(8-4-2)12(16)11-14-9-5-13-6-10-14/h3-4,13H,1-2,5-11H2. The molecule has 1 rings (SSSR count). The van der Waals surface area contributed by atoms with E-state index in [0.29, 0.717) is 19.6 Å². The molecule has 1 fully saturated rings. The first-order valence-corrected chi connectivity index (χ1v) is 5.70. The van der Waals surface area contributed by atoms with E-state index in [2.05, 4.69) is 23.4 Å². The minimum Gasteiger partial charge on any atom is -0.334 e. The maximum Gasteiger partial charge on any atom is 0.237 e. The highest BCUT2D eigenvalue weighted by atomic mass is 16.2. The molecule has 0 spiro atoms. The highest BCUT2D eigenvalue weighted by Gasteiger charge is 2.16. The molecule has 0 radical (unpaired) electrons. The van der Waals surface area contributed by atoms with Gasteiger partial charge in [0, 0.05) is 39.3 Å². The fourth-order valence-corrected chi connectivity index (χ4v) is 1.75. The van der Waals surface area contributed by atoms with Crippen molar-refractivity contribution in [2.75, 3.05) is 45.8 Å². The summed E-state index contributed by atoms with van der Waals surface area (Å²) in [5.41, 5.74) is 0. The summed E-state index contributed by atoms with van der Waals surface area (Å²) >= 11 is 0. The first-order valence-electron chi connectivity index (χ1n) is 5.70. The van der Waals surface area contributed by atoms with Crippen LogP contribution in [0, 0.1) is 0 Å². The molecule has 1 aliphatic heterocycles. The molecule has 0 saturated carbocycles. The minimum absolute atomic E-state index is 0.154. The summed E-state index contributed by atoms with van der Waals surface area (Å²) in [6, 6.07) is 0. The Balaban J connectivity index is 2.39. The van der Waals surface area contributed by atoms with Gasteiger partial charge in [0.15, 0.2) is 0 Å². The number of hydrogen-bond donors (Lipinski definition) is 1. The Morgan fingerprint density at radius 3 is 2.31 bits per heavy atom. The first-order chi connectivity index (χ1) is 7.77. The molecular weight excluding hydrogens is 202 g/mol. The van der Waals surface area contributed by atoms with Gasteiger partial charge in [-0.3, -0.25) is 9.69 Å². The van der Waals surface area contributed by atoms with Crippen LogP contribution >= 0.6 is 0 Å². The Bertz CT molecular complexity index is 237. The summed E-state index contributed by atoms with van der Waals surface area (Å²) in [6.45, 7) is 12.8. The van der Waals surface area contributed by atoms with Crippen LogP contribution in [0.25, 0.3) is 0 Å². The molecule has 90 valence electrons. The average molecular weight is 223 g/mol. The molecule has 1 amide bonds. The largest absolute Gasteiger partial charge is 0.334 e. The Morgan fingerprint density at radius 2 is 1.81 bits per heavy atom. The molecule has 1 heterocycles. The topological polar surface area (TPSA) is 35.6 Å². The van der Waals surface area contributed by atoms with E-state index >= 15 is 0 Å². The quantitative estimate of drug-likeness (QED) is 0.648. The highest BCUT2D eigenvalue weighted by Crippen LogP contribution is 1.97. The molecule has 0 bridgehead atoms. The molecular formula is C12H21N3O. The van der Waals surface area contributed by atoms with Gasteiger partial charge < -0.3 is 10.2 Å². The molecule has 0 aromatic heterocycles. The summed E-state index contributed by atoms with van der Waals surface area (Å²) < 4.78 is 0. The number of nitrogens with zero attached hydrogens (tertiary/aromatic N) is 2. The number of piperazine rings is 1. The van der Waals surface area contributed by atoms with Crippen LogP contribution in [0.15, 0.2) is 25.3 Å². The second kappa shape index (κ2) is 7.19. The lowest BCUT2D eigenvalue weighted by molar-refractivity contribution is -0.131. The number of carbonyl (C=O) groups excluding carboxylic acids is 1. The minimum atomic E-state index is 0.154. The van der Waals surface area contributed by atoms with Crippen LogP contribution in [0.5, 0.6) is 0 Å². The molecule has 4 nitrogen and oxygen atoms in total. The van der Waals surface area contributed by atoms with Gasteiger partial charge in [0.25, 0.3) is 0 Å². The number of hydrogen-bond acceptors (Lipinski definition) is 3. The first kappa shape index (κ1) is 12.9. The molecule has 1 saturated heterocycles. The van der Waals surface area contributed by atoms with Crippen LogP contribution in [0.4, 0.5) is 0 Å². The fourth-order valence-electron chi connectivity index (χ4n) is 1.75. The van der Waals surface area contributed by atoms with Gasteiger partial charge in [0.2, 0.25) is 5.91 Å². The predicted octanol–water partition coefficient (Wildman–Crippen LogP) is 0.0922. The summed E-state index contributed by atoms with van der Waals surface area (Å²) in [4.78, 5) is 15.9. The van der Waals surface area contributed by atoms with E-state index in [4.69, 9.17) is 0 Å². The van der Waals surface area contributed by atoms with Gasteiger partial charge in [-0.2, -0.15) is 0 Å². The Labute approximate surface area is 97.6 Å². The zero-order chi connectivity index (χ0) is 11.8. The zero-order valence-corrected chi connectivity index (χ0v) is 9.82. The van der Waals surface area contributed by atoms with Crippen molar-refractivity contribution in [3.63, 3.8) is 0 Å². The van der Waals surface area contributed by atoms with Crippen molar-refractivity contribution in [3.05, 3.63) is 25.3 Å². The van der Waals surface area contributed by atoms with Crippen molar-refractivity contribution in [3.8, 4) is 0 Å². The predicted molar refractivity (Wildman–Crippen MR) is 66.3 cm³/mol. The molecule has 4 heteroatoms. The Hall–Kier alpha value is -1.13. The van der Waals surface area contributed by atoms with Gasteiger partial charge >= 0.3 is 0 Å². The molecule has 0 unspecified atom stereocenters. The van der Waals surface area contributed by atoms with Gasteiger partial charge in [-0.25, -0.2) is 0 Å². The average Bonchev–Trinajstić information content (AvgIpc) is 2.30. The maximum absolute atomic E-state index is 12.0. The lowest BCUT2D eigenvalue weighted by Gasteiger charge is -2.29. The molecule has 0 atom stereocenters. The van der Waals surface area contributed by atoms with Crippen molar-refractivity contribution in [2.24, 2.45) is 0 Å². The molecule has 1 aliphatic rings. The summed E-state index contributed by atoms with van der Waals surface area (Å²) in [5, 5.41) is 3.27. The van der Waals surface area contributed by atoms with Crippen molar-refractivity contribution in [1.29, 1.82) is 0 Å². The molecule has 1 N–H and O–H groups in total. The lowest BCUT2D eigenvalue weighted by atomic mass is 10.3. The van der Waals surface area contributed by atoms with Crippen molar-refractivity contribution in [2.45, 2.75) is 0 Å². The lowest BCUT2D eigenvalue weighted by Crippen LogP contribution is -2.48. The van der Waals surface area contributed by atoms with Gasteiger partial charge in [0.1, 0.15) is 0 Å². The SMILES string of the molecule is C=CCN(CC=C)C(=O)CN1CCNCC1. The van der Waals surface area contributed by atoms with Gasteiger partial charge in [0.05, 0.1) is 6.54 Å². The van der Waals surface area contributed by atoms with Crippen LogP contribution in [0.2, 0.25) is 0 Å². The van der Waals surface area contributed by atoms with E-state index in [1.807, 2.05) is 0 Å². The molecule has 16 heavy (non-hydrogen) atoms. The third-order valence-electron chi connectivity index (χ3n) is 2.62. The summed E-state index contributed by atoms with van der Waals surface area (Å²) in [7, 11) is 0. The van der Waals surface area contributed by atoms with E-state index < -0.39 is 0 Å². The highest BCUT2D eigenvalue weighted by molar-refractivity contribution is 5.78. The number of rotatable bonds is 6. The van der Waals surface area contributed by atoms with Crippen LogP contribution in [-0.2, 0) is 4.79 Å². The van der Waals surface area contributed by atoms with Crippen LogP contribution in [0.3, 0.4) is 0 Å². The fraction of sp³-hybridized carbons (Fsp3) is 0.583. The van der Waals surface area contributed by atoms with E-state index in [1.54, 1.807) is 17.1 Å². The number of nitrogens with one attached hydrogen (secondary N) is 1. The van der Waals surface area contributed by atoms with E-state index in [1.165, 1.54) is 0 Å². The summed E-state index contributed by atoms with van der Waals surface area (Å²) in [5.74, 6) is 0.154. The smallest absolute Gasteiger partial charge is 0.237 e. The van der Waals surface area contributed by atoms with Crippen molar-refractivity contribution < 1.29 is 4.79 Å². The number of carbonyl (C=O) groups is 1. The molecule has 0 aromatic rings. The van der Waals surface area contributed by atoms with Gasteiger partial charge in [-0.15, -0.1) is 13.2 Å². The molecule has 0 aliphatic carbocycles. The van der Waals surface area contributed by atoms with E-state index in [-0.39, 0.29) is 5.91 Å². The van der Waals surface area contributed by atoms with Crippen LogP contribution in [0.1, 0.15) is 0 Å². The third-order valence-corrected chi connectivity index (χ3v) is 2.62. The van der Waals surface area contributed by atoms with E-state index in [0.717, 1.165) is 26.2 Å². The van der Waals surface area contributed by atoms with Gasteiger partial charge in [-0.05, 0) is 0 Å². The Kier molecular flexibility index (Phi) is 5.82. The van der Waals surface area contributed by atoms with Crippen LogP contribution < -0.4 is 5.32 Å². The number of amides is 1. The second-order valence-electron chi connectivity index (χ2n) is 3.90. The van der Waals surface area contributed by atoms with E-state index in [9.17, 15) is 4.79 Å². The van der Waals surface area contributed by atoms with Crippen LogP contribution in [-0.4, -0.2) is 61.5 Å². The maximum atomic E-state index is 12.0. The molecule has 0 aromatic carbocycles.